The first-order valence-corrected chi connectivity index (χ1v) is 8.20. The monoisotopic (exact) mass is 314 g/mol. The summed E-state index contributed by atoms with van der Waals surface area (Å²) < 4.78 is 5.13. The summed E-state index contributed by atoms with van der Waals surface area (Å²) in [6.45, 7) is 4.35. The Morgan fingerprint density at radius 2 is 2.13 bits per heavy atom. The Labute approximate surface area is 135 Å². The lowest BCUT2D eigenvalue weighted by atomic mass is 9.91. The Hall–Kier alpha value is -2.02. The molecule has 2 fully saturated rings. The average molecular weight is 314 g/mol. The molecule has 4 rings (SSSR count). The van der Waals surface area contributed by atoms with Gasteiger partial charge in [0.05, 0.1) is 5.69 Å². The fraction of sp³-hybridized carbons (Fsp3) is 0.625. The molecule has 1 saturated heterocycles. The molecule has 122 valence electrons. The average Bonchev–Trinajstić information content (AvgIpc) is 3.13. The highest BCUT2D eigenvalue weighted by Gasteiger charge is 2.45. The fourth-order valence-electron chi connectivity index (χ4n) is 3.53. The van der Waals surface area contributed by atoms with Gasteiger partial charge < -0.3 is 9.64 Å². The lowest BCUT2D eigenvalue weighted by molar-refractivity contribution is 0.178. The van der Waals surface area contributed by atoms with Gasteiger partial charge in [-0.15, -0.1) is 5.10 Å². The van der Waals surface area contributed by atoms with Crippen molar-refractivity contribution in [1.82, 2.24) is 25.4 Å². The minimum absolute atomic E-state index is 0.354. The molecule has 0 spiro atoms. The van der Waals surface area contributed by atoms with Crippen LogP contribution in [0.5, 0.6) is 0 Å². The van der Waals surface area contributed by atoms with Gasteiger partial charge in [0.15, 0.2) is 17.5 Å². The van der Waals surface area contributed by atoms with E-state index in [4.69, 9.17) is 4.74 Å². The molecule has 1 N–H and O–H groups in total. The van der Waals surface area contributed by atoms with Gasteiger partial charge in [0.1, 0.15) is 6.61 Å². The van der Waals surface area contributed by atoms with Crippen LogP contribution in [0.1, 0.15) is 36.1 Å². The first kappa shape index (κ1) is 14.6. The first-order valence-electron chi connectivity index (χ1n) is 8.20. The van der Waals surface area contributed by atoms with Crippen molar-refractivity contribution in [3.05, 3.63) is 29.5 Å². The van der Waals surface area contributed by atoms with Crippen LogP contribution in [-0.2, 0) is 11.3 Å². The number of nitrogens with one attached hydrogen (secondary N) is 1. The normalized spacial score (nSPS) is 24.3. The van der Waals surface area contributed by atoms with E-state index >= 15 is 0 Å². The second kappa shape index (κ2) is 5.88. The molecular weight excluding hydrogens is 292 g/mol. The number of rotatable bonds is 5. The molecule has 0 radical (unpaired) electrons. The van der Waals surface area contributed by atoms with E-state index in [-0.39, 0.29) is 0 Å². The van der Waals surface area contributed by atoms with E-state index < -0.39 is 0 Å². The number of ether oxygens (including phenoxy) is 1. The smallest absolute Gasteiger partial charge is 0.156 e. The highest BCUT2D eigenvalue weighted by molar-refractivity contribution is 5.40. The number of anilines is 1. The molecule has 0 bridgehead atoms. The van der Waals surface area contributed by atoms with Gasteiger partial charge in [0.2, 0.25) is 0 Å². The van der Waals surface area contributed by atoms with Gasteiger partial charge >= 0.3 is 0 Å². The van der Waals surface area contributed by atoms with Crippen molar-refractivity contribution in [1.29, 1.82) is 0 Å². The van der Waals surface area contributed by atoms with Gasteiger partial charge in [-0.25, -0.2) is 4.98 Å². The van der Waals surface area contributed by atoms with Gasteiger partial charge in [-0.1, -0.05) is 0 Å². The molecule has 7 nitrogen and oxygen atoms in total. The predicted molar refractivity (Wildman–Crippen MR) is 85.0 cm³/mol. The van der Waals surface area contributed by atoms with Crippen molar-refractivity contribution in [3.63, 3.8) is 0 Å². The summed E-state index contributed by atoms with van der Waals surface area (Å²) in [4.78, 5) is 6.96. The van der Waals surface area contributed by atoms with Gasteiger partial charge in [-0.3, -0.25) is 5.10 Å². The molecule has 2 atom stereocenters. The van der Waals surface area contributed by atoms with Crippen molar-refractivity contribution in [3.8, 4) is 0 Å². The van der Waals surface area contributed by atoms with Gasteiger partial charge in [-0.2, -0.15) is 10.2 Å². The number of nitrogens with zero attached hydrogens (tertiary/aromatic N) is 5. The van der Waals surface area contributed by atoms with E-state index in [1.165, 1.54) is 12.8 Å². The number of hydrogen-bond donors (Lipinski definition) is 1. The van der Waals surface area contributed by atoms with E-state index in [2.05, 4.69) is 36.3 Å². The predicted octanol–water partition coefficient (Wildman–Crippen LogP) is 1.68. The van der Waals surface area contributed by atoms with Crippen LogP contribution in [0.2, 0.25) is 0 Å². The molecule has 2 aromatic heterocycles. The van der Waals surface area contributed by atoms with E-state index in [9.17, 15) is 0 Å². The third-order valence-electron chi connectivity index (χ3n) is 4.86. The number of H-pyrrole nitrogens is 1. The van der Waals surface area contributed by atoms with Crippen molar-refractivity contribution in [2.75, 3.05) is 25.1 Å². The van der Waals surface area contributed by atoms with Crippen LogP contribution >= 0.6 is 0 Å². The molecule has 0 amide bonds. The van der Waals surface area contributed by atoms with Crippen molar-refractivity contribution < 1.29 is 4.74 Å². The van der Waals surface area contributed by atoms with E-state index in [0.717, 1.165) is 42.2 Å². The first-order chi connectivity index (χ1) is 11.2. The number of aryl methyl sites for hydroxylation is 1. The fourth-order valence-corrected chi connectivity index (χ4v) is 3.53. The molecule has 1 saturated carbocycles. The maximum absolute atomic E-state index is 5.13. The topological polar surface area (TPSA) is 79.8 Å². The largest absolute Gasteiger partial charge is 0.377 e. The third kappa shape index (κ3) is 2.93. The van der Waals surface area contributed by atoms with Crippen LogP contribution in [0.3, 0.4) is 0 Å². The Morgan fingerprint density at radius 1 is 1.26 bits per heavy atom. The van der Waals surface area contributed by atoms with Crippen molar-refractivity contribution >= 4 is 5.82 Å². The van der Waals surface area contributed by atoms with E-state index in [1.807, 2.05) is 13.0 Å². The Bertz CT molecular complexity index is 665. The second-order valence-electron chi connectivity index (χ2n) is 6.62. The van der Waals surface area contributed by atoms with Crippen LogP contribution in [0.25, 0.3) is 0 Å². The molecule has 0 unspecified atom stereocenters. The quantitative estimate of drug-likeness (QED) is 0.904. The molecule has 3 heterocycles. The van der Waals surface area contributed by atoms with Crippen LogP contribution < -0.4 is 4.90 Å². The minimum Gasteiger partial charge on any atom is -0.377 e. The maximum Gasteiger partial charge on any atom is 0.156 e. The summed E-state index contributed by atoms with van der Waals surface area (Å²) in [6.07, 6.45) is 2.65. The Morgan fingerprint density at radius 3 is 2.83 bits per heavy atom. The molecule has 2 aliphatic rings. The summed E-state index contributed by atoms with van der Waals surface area (Å²) in [5, 5.41) is 16.0. The van der Waals surface area contributed by atoms with Gasteiger partial charge in [0.25, 0.3) is 0 Å². The number of aromatic amines is 1. The van der Waals surface area contributed by atoms with Crippen LogP contribution in [0, 0.1) is 18.8 Å². The molecular formula is C16H22N6O. The standard InChI is InChI=1S/C16H22N6O/c1-10-3-6-15(20-18-10)22-7-12(11-4-5-11)13(8-22)16-17-14(9-23-2)19-21-16/h3,6,11-13H,4-5,7-9H2,1-2H3,(H,17,19,21)/t12-,13+/m1/s1. The van der Waals surface area contributed by atoms with E-state index in [0.29, 0.717) is 18.4 Å². The summed E-state index contributed by atoms with van der Waals surface area (Å²) in [5.41, 5.74) is 0.946. The molecule has 2 aromatic rings. The van der Waals surface area contributed by atoms with Crippen molar-refractivity contribution in [2.24, 2.45) is 11.8 Å². The van der Waals surface area contributed by atoms with Crippen LogP contribution in [0.4, 0.5) is 5.82 Å². The zero-order chi connectivity index (χ0) is 15.8. The Balaban J connectivity index is 1.56. The summed E-state index contributed by atoms with van der Waals surface area (Å²) in [7, 11) is 1.67. The summed E-state index contributed by atoms with van der Waals surface area (Å²) >= 11 is 0. The minimum atomic E-state index is 0.354. The van der Waals surface area contributed by atoms with Gasteiger partial charge in [0, 0.05) is 26.1 Å². The zero-order valence-electron chi connectivity index (χ0n) is 13.6. The highest BCUT2D eigenvalue weighted by Crippen LogP contribution is 2.47. The Kier molecular flexibility index (Phi) is 3.72. The number of hydrogen-bond acceptors (Lipinski definition) is 6. The SMILES string of the molecule is COCc1nc([C@H]2CN(c3ccc(C)nn3)C[C@@H]2C2CC2)n[nH]1. The summed E-state index contributed by atoms with van der Waals surface area (Å²) in [6, 6.07) is 4.08. The molecule has 1 aliphatic carbocycles. The highest BCUT2D eigenvalue weighted by atomic mass is 16.5. The second-order valence-corrected chi connectivity index (χ2v) is 6.62. The lowest BCUT2D eigenvalue weighted by Gasteiger charge is -2.16. The maximum atomic E-state index is 5.13. The van der Waals surface area contributed by atoms with E-state index in [1.54, 1.807) is 7.11 Å². The van der Waals surface area contributed by atoms with Crippen LogP contribution in [0.15, 0.2) is 12.1 Å². The molecule has 7 heteroatoms. The number of methoxy groups -OCH3 is 1. The molecule has 23 heavy (non-hydrogen) atoms. The summed E-state index contributed by atoms with van der Waals surface area (Å²) in [5.74, 6) is 4.42. The van der Waals surface area contributed by atoms with Crippen LogP contribution in [-0.4, -0.2) is 45.6 Å². The van der Waals surface area contributed by atoms with Crippen molar-refractivity contribution in [2.45, 2.75) is 32.3 Å². The zero-order valence-corrected chi connectivity index (χ0v) is 13.6. The van der Waals surface area contributed by atoms with Gasteiger partial charge in [-0.05, 0) is 43.7 Å². The molecule has 0 aromatic carbocycles. The molecule has 1 aliphatic heterocycles. The third-order valence-corrected chi connectivity index (χ3v) is 4.86. The number of aromatic nitrogens is 5. The lowest BCUT2D eigenvalue weighted by Crippen LogP contribution is -2.21.